The number of nitrogens with zero attached hydrogens (tertiary/aromatic N) is 2. The Labute approximate surface area is 172 Å². The molecule has 3 rings (SSSR count). The molecule has 2 N–H and O–H groups in total. The summed E-state index contributed by atoms with van der Waals surface area (Å²) in [4.78, 5) is 30.7. The zero-order valence-corrected chi connectivity index (χ0v) is 17.1. The van der Waals surface area contributed by atoms with Crippen molar-refractivity contribution in [2.75, 3.05) is 32.8 Å². The third-order valence-electron chi connectivity index (χ3n) is 4.24. The van der Waals surface area contributed by atoms with Crippen LogP contribution in [0.2, 0.25) is 0 Å². The van der Waals surface area contributed by atoms with Gasteiger partial charge in [-0.25, -0.2) is 18.7 Å². The number of nitrogens with one attached hydrogen (secondary N) is 2. The van der Waals surface area contributed by atoms with Gasteiger partial charge in [0.05, 0.1) is 18.8 Å². The van der Waals surface area contributed by atoms with Gasteiger partial charge in [0.15, 0.2) is 0 Å². The van der Waals surface area contributed by atoms with E-state index in [0.29, 0.717) is 31.1 Å². The molecule has 0 aromatic carbocycles. The van der Waals surface area contributed by atoms with Gasteiger partial charge >= 0.3 is 35.6 Å². The summed E-state index contributed by atoms with van der Waals surface area (Å²) in [6.07, 6.45) is 0.446. The van der Waals surface area contributed by atoms with Crippen molar-refractivity contribution < 1.29 is 66.0 Å². The molecule has 26 heavy (non-hydrogen) atoms. The molecule has 3 saturated heterocycles. The zero-order chi connectivity index (χ0) is 18.0. The smallest absolute Gasteiger partial charge is 0.724 e. The summed E-state index contributed by atoms with van der Waals surface area (Å²) < 4.78 is 41.8. The van der Waals surface area contributed by atoms with Crippen LogP contribution in [0.25, 0.3) is 0 Å². The van der Waals surface area contributed by atoms with Crippen LogP contribution in [-0.2, 0) is 29.1 Å². The van der Waals surface area contributed by atoms with Crippen LogP contribution in [0.1, 0.15) is 12.8 Å². The van der Waals surface area contributed by atoms with Crippen molar-refractivity contribution in [3.05, 3.63) is 0 Å². The van der Waals surface area contributed by atoms with Crippen LogP contribution in [0, 0.1) is 0 Å². The number of fused-ring (bicyclic) bond motifs is 2. The van der Waals surface area contributed by atoms with E-state index in [4.69, 9.17) is 9.57 Å². The molecule has 0 aliphatic carbocycles. The van der Waals surface area contributed by atoms with E-state index in [9.17, 15) is 22.6 Å². The van der Waals surface area contributed by atoms with Crippen molar-refractivity contribution in [2.45, 2.75) is 31.0 Å². The molecule has 3 aliphatic heterocycles. The fraction of sp³-hybridized carbons (Fsp3) is 0.833. The molecule has 142 valence electrons. The SMILES string of the molecule is O=C(NOCC1CNCCO1)[C@@H]1CC[C@@H]2CN1C(=O)N2OS(=O)(=O)[O-].[Na+]. The number of urea groups is 1. The van der Waals surface area contributed by atoms with Crippen LogP contribution < -0.4 is 40.4 Å². The Balaban J connectivity index is 0.00000243. The van der Waals surface area contributed by atoms with Crippen LogP contribution in [0.3, 0.4) is 0 Å². The van der Waals surface area contributed by atoms with Gasteiger partial charge < -0.3 is 19.5 Å². The average molecular weight is 402 g/mol. The molecular formula is C12H19N4NaO8S. The number of hydrogen-bond donors (Lipinski definition) is 2. The van der Waals surface area contributed by atoms with Crippen molar-refractivity contribution >= 4 is 22.3 Å². The maximum atomic E-state index is 12.2. The number of carbonyl (C=O) groups excluding carboxylic acids is 2. The molecule has 3 heterocycles. The van der Waals surface area contributed by atoms with E-state index in [0.717, 1.165) is 11.4 Å². The molecule has 3 fully saturated rings. The van der Waals surface area contributed by atoms with Gasteiger partial charge in [-0.3, -0.25) is 9.63 Å². The molecule has 3 amide bonds. The van der Waals surface area contributed by atoms with Crippen LogP contribution in [0.4, 0.5) is 4.79 Å². The normalized spacial score (nSPS) is 28.7. The summed E-state index contributed by atoms with van der Waals surface area (Å²) in [5, 5.41) is 3.65. The van der Waals surface area contributed by atoms with E-state index in [1.54, 1.807) is 0 Å². The van der Waals surface area contributed by atoms with E-state index in [-0.39, 0.29) is 48.8 Å². The Morgan fingerprint density at radius 1 is 1.42 bits per heavy atom. The Morgan fingerprint density at radius 2 is 2.19 bits per heavy atom. The maximum absolute atomic E-state index is 12.2. The van der Waals surface area contributed by atoms with Crippen LogP contribution in [-0.4, -0.2) is 85.9 Å². The van der Waals surface area contributed by atoms with Gasteiger partial charge in [0.1, 0.15) is 12.6 Å². The van der Waals surface area contributed by atoms with Crippen molar-refractivity contribution in [2.24, 2.45) is 0 Å². The van der Waals surface area contributed by atoms with Crippen LogP contribution in [0.15, 0.2) is 0 Å². The van der Waals surface area contributed by atoms with Crippen molar-refractivity contribution in [1.82, 2.24) is 20.8 Å². The number of hydrogen-bond acceptors (Lipinski definition) is 9. The Bertz CT molecular complexity index is 629. The van der Waals surface area contributed by atoms with Crippen molar-refractivity contribution in [3.8, 4) is 0 Å². The van der Waals surface area contributed by atoms with Crippen LogP contribution in [0.5, 0.6) is 0 Å². The third-order valence-corrected chi connectivity index (χ3v) is 4.59. The first-order valence-electron chi connectivity index (χ1n) is 7.84. The Hall–Kier alpha value is -0.510. The van der Waals surface area contributed by atoms with Crippen molar-refractivity contribution in [1.29, 1.82) is 0 Å². The van der Waals surface area contributed by atoms with Gasteiger partial charge in [-0.2, -0.15) is 9.35 Å². The maximum Gasteiger partial charge on any atom is 1.00 e. The number of rotatable bonds is 6. The first-order valence-corrected chi connectivity index (χ1v) is 9.17. The van der Waals surface area contributed by atoms with E-state index in [2.05, 4.69) is 15.1 Å². The molecule has 0 saturated carbocycles. The number of carbonyl (C=O) groups is 2. The average Bonchev–Trinajstić information content (AvgIpc) is 2.79. The molecular weight excluding hydrogens is 383 g/mol. The largest absolute Gasteiger partial charge is 1.00 e. The monoisotopic (exact) mass is 402 g/mol. The van der Waals surface area contributed by atoms with E-state index < -0.39 is 34.4 Å². The minimum Gasteiger partial charge on any atom is -0.724 e. The third kappa shape index (κ3) is 5.27. The molecule has 1 unspecified atom stereocenters. The van der Waals surface area contributed by atoms with Gasteiger partial charge in [-0.05, 0) is 12.8 Å². The van der Waals surface area contributed by atoms with Gasteiger partial charge in [-0.15, -0.1) is 0 Å². The quantitative estimate of drug-likeness (QED) is 0.192. The fourth-order valence-electron chi connectivity index (χ4n) is 3.10. The van der Waals surface area contributed by atoms with Gasteiger partial charge in [0.2, 0.25) is 10.4 Å². The summed E-state index contributed by atoms with van der Waals surface area (Å²) in [5.74, 6) is -0.526. The van der Waals surface area contributed by atoms with E-state index in [1.165, 1.54) is 0 Å². The molecule has 0 spiro atoms. The molecule has 0 aromatic heterocycles. The molecule has 0 radical (unpaired) electrons. The van der Waals surface area contributed by atoms with Crippen LogP contribution >= 0.6 is 0 Å². The minimum atomic E-state index is -5.06. The number of hydroxylamine groups is 3. The van der Waals surface area contributed by atoms with Gasteiger partial charge in [-0.1, -0.05) is 0 Å². The Morgan fingerprint density at radius 3 is 2.85 bits per heavy atom. The predicted octanol–water partition coefficient (Wildman–Crippen LogP) is -5.31. The number of morpholine rings is 1. The second kappa shape index (κ2) is 9.12. The van der Waals surface area contributed by atoms with E-state index >= 15 is 0 Å². The van der Waals surface area contributed by atoms with Crippen molar-refractivity contribution in [3.63, 3.8) is 0 Å². The van der Waals surface area contributed by atoms with E-state index in [1.807, 2.05) is 0 Å². The molecule has 12 nitrogen and oxygen atoms in total. The summed E-state index contributed by atoms with van der Waals surface area (Å²) in [6.45, 7) is 2.20. The predicted molar refractivity (Wildman–Crippen MR) is 78.2 cm³/mol. The van der Waals surface area contributed by atoms with Gasteiger partial charge in [0.25, 0.3) is 5.91 Å². The minimum absolute atomic E-state index is 0. The fourth-order valence-corrected chi connectivity index (χ4v) is 3.48. The molecule has 3 atom stereocenters. The molecule has 2 bridgehead atoms. The number of ether oxygens (including phenoxy) is 1. The number of amides is 3. The summed E-state index contributed by atoms with van der Waals surface area (Å²) in [7, 11) is -5.06. The number of piperidine rings is 1. The molecule has 0 aromatic rings. The summed E-state index contributed by atoms with van der Waals surface area (Å²) >= 11 is 0. The second-order valence-corrected chi connectivity index (χ2v) is 6.93. The summed E-state index contributed by atoms with van der Waals surface area (Å²) in [6, 6.07) is -2.23. The molecule has 3 aliphatic rings. The zero-order valence-electron chi connectivity index (χ0n) is 14.3. The first-order chi connectivity index (χ1) is 11.8. The topological polar surface area (TPSA) is 150 Å². The first kappa shape index (κ1) is 21.8. The second-order valence-electron chi connectivity index (χ2n) is 5.96. The van der Waals surface area contributed by atoms with Gasteiger partial charge in [0, 0.05) is 19.6 Å². The Kier molecular flexibility index (Phi) is 7.64. The summed E-state index contributed by atoms with van der Waals surface area (Å²) in [5.41, 5.74) is 2.29. The molecule has 14 heteroatoms. The standard InChI is InChI=1S/C12H20N4O8S.Na/c17-11(14-23-7-9-5-13-3-4-22-9)10-2-1-8-6-15(10)12(18)16(8)24-25(19,20)21;/h8-10,13H,1-7H2,(H,14,17)(H,19,20,21);/q;+1/p-1/t8-,9?,10+;/m1./s1.